The number of nitrogens with one attached hydrogen (secondary N) is 1. The van der Waals surface area contributed by atoms with Gasteiger partial charge in [0.15, 0.2) is 29.8 Å². The summed E-state index contributed by atoms with van der Waals surface area (Å²) >= 11 is 0. The maximum atomic E-state index is 13.0. The Morgan fingerprint density at radius 2 is 1.95 bits per heavy atom. The van der Waals surface area contributed by atoms with Crippen LogP contribution >= 0.6 is 0 Å². The Morgan fingerprint density at radius 1 is 1.18 bits per heavy atom. The van der Waals surface area contributed by atoms with E-state index >= 15 is 0 Å². The number of esters is 3. The number of ether oxygens (including phenoxy) is 5. The summed E-state index contributed by atoms with van der Waals surface area (Å²) in [6, 6.07) is 3.91. The van der Waals surface area contributed by atoms with Gasteiger partial charge in [-0.2, -0.15) is 0 Å². The molecule has 40 heavy (non-hydrogen) atoms. The molecule has 1 amide bonds. The van der Waals surface area contributed by atoms with Gasteiger partial charge in [0.1, 0.15) is 5.76 Å². The maximum Gasteiger partial charge on any atom is 0.352 e. The van der Waals surface area contributed by atoms with Gasteiger partial charge in [0.05, 0.1) is 24.5 Å². The Bertz CT molecular complexity index is 1270. The highest BCUT2D eigenvalue weighted by Crippen LogP contribution is 2.67. The number of benzene rings is 1. The van der Waals surface area contributed by atoms with Crippen LogP contribution in [-0.4, -0.2) is 66.5 Å². The lowest BCUT2D eigenvalue weighted by molar-refractivity contribution is -0.171. The summed E-state index contributed by atoms with van der Waals surface area (Å²) in [7, 11) is 1.57. The van der Waals surface area contributed by atoms with Crippen LogP contribution in [0.3, 0.4) is 0 Å². The van der Waals surface area contributed by atoms with Gasteiger partial charge >= 0.3 is 17.9 Å². The molecule has 1 spiro atoms. The zero-order valence-corrected chi connectivity index (χ0v) is 23.1. The van der Waals surface area contributed by atoms with Crippen LogP contribution in [0.5, 0.6) is 11.5 Å². The summed E-state index contributed by atoms with van der Waals surface area (Å²) in [6.07, 6.45) is 2.15. The smallest absolute Gasteiger partial charge is 0.352 e. The van der Waals surface area contributed by atoms with Crippen molar-refractivity contribution in [2.45, 2.75) is 88.6 Å². The predicted octanol–water partition coefficient (Wildman–Crippen LogP) is 2.00. The third-order valence-electron chi connectivity index (χ3n) is 8.67. The molecule has 0 aromatic heterocycles. The first-order valence-electron chi connectivity index (χ1n) is 13.7. The highest BCUT2D eigenvalue weighted by atomic mass is 16.6. The number of carbonyl (C=O) groups is 4. The molecule has 1 saturated carbocycles. The zero-order valence-electron chi connectivity index (χ0n) is 23.1. The molecule has 2 N–H and O–H groups in total. The SMILES string of the molecule is COc1ccc2c3c1O[C@@H]1C(OC(=O)[C@H](C)OC(=O)CCNC(=O)[C@H](C)OC(C)=O)=CC[C@]4(O)[C@@H](CCC[C@@]314)C2. The number of hydrogen-bond donors (Lipinski definition) is 2. The molecule has 11 heteroatoms. The van der Waals surface area contributed by atoms with Gasteiger partial charge in [0.2, 0.25) is 0 Å². The van der Waals surface area contributed by atoms with Gasteiger partial charge in [0.25, 0.3) is 5.91 Å². The number of amides is 1. The Kier molecular flexibility index (Phi) is 7.28. The average molecular weight is 558 g/mol. The van der Waals surface area contributed by atoms with Crippen LogP contribution in [-0.2, 0) is 45.2 Å². The Morgan fingerprint density at radius 3 is 2.67 bits per heavy atom. The van der Waals surface area contributed by atoms with Crippen LogP contribution in [0, 0.1) is 5.92 Å². The van der Waals surface area contributed by atoms with Crippen molar-refractivity contribution < 1.29 is 48.0 Å². The average Bonchev–Trinajstić information content (AvgIpc) is 3.24. The van der Waals surface area contributed by atoms with E-state index < -0.39 is 53.1 Å². The van der Waals surface area contributed by atoms with Crippen molar-refractivity contribution in [2.75, 3.05) is 13.7 Å². The number of carbonyl (C=O) groups excluding carboxylic acids is 4. The molecule has 2 bridgehead atoms. The summed E-state index contributed by atoms with van der Waals surface area (Å²) < 4.78 is 27.8. The molecule has 0 radical (unpaired) electrons. The van der Waals surface area contributed by atoms with Crippen LogP contribution in [0.15, 0.2) is 24.0 Å². The standard InChI is InChI=1S/C29H35NO10/c1-15(37-17(3)31)26(33)30-13-10-22(32)38-16(2)27(34)39-21-9-12-29(35)19-6-5-11-28(29)23-18(14-19)7-8-20(36-4)24(23)40-25(21)28/h7-9,15-16,19,25,35H,5-6,10-14H2,1-4H3,(H,30,33)/t15-,16-,19-,25+,28+,29-/m0/s1. The molecule has 5 rings (SSSR count). The van der Waals surface area contributed by atoms with Gasteiger partial charge in [-0.1, -0.05) is 12.5 Å². The van der Waals surface area contributed by atoms with Gasteiger partial charge in [-0.15, -0.1) is 0 Å². The minimum atomic E-state index is -1.22. The molecule has 1 aromatic carbocycles. The van der Waals surface area contributed by atoms with Crippen molar-refractivity contribution in [3.8, 4) is 11.5 Å². The van der Waals surface area contributed by atoms with Gasteiger partial charge in [-0.25, -0.2) is 4.79 Å². The number of aliphatic hydroxyl groups is 1. The van der Waals surface area contributed by atoms with Crippen molar-refractivity contribution in [3.05, 3.63) is 35.1 Å². The summed E-state index contributed by atoms with van der Waals surface area (Å²) in [5.74, 6) is -1.13. The second-order valence-corrected chi connectivity index (χ2v) is 11.0. The summed E-state index contributed by atoms with van der Waals surface area (Å²) in [4.78, 5) is 48.2. The molecule has 11 nitrogen and oxygen atoms in total. The normalized spacial score (nSPS) is 28.6. The molecule has 4 aliphatic rings. The van der Waals surface area contributed by atoms with Gasteiger partial charge in [0, 0.05) is 19.0 Å². The van der Waals surface area contributed by atoms with E-state index in [1.54, 1.807) is 13.2 Å². The van der Waals surface area contributed by atoms with E-state index in [9.17, 15) is 24.3 Å². The van der Waals surface area contributed by atoms with Crippen molar-refractivity contribution in [1.82, 2.24) is 5.32 Å². The van der Waals surface area contributed by atoms with E-state index in [1.165, 1.54) is 20.8 Å². The fraction of sp³-hybridized carbons (Fsp3) is 0.586. The van der Waals surface area contributed by atoms with Gasteiger partial charge in [-0.05, 0) is 63.2 Å². The molecule has 6 atom stereocenters. The molecule has 1 fully saturated rings. The number of rotatable bonds is 9. The van der Waals surface area contributed by atoms with E-state index in [-0.39, 0.29) is 24.6 Å². The lowest BCUT2D eigenvalue weighted by Crippen LogP contribution is -2.67. The molecular weight excluding hydrogens is 522 g/mol. The van der Waals surface area contributed by atoms with Crippen LogP contribution < -0.4 is 14.8 Å². The van der Waals surface area contributed by atoms with E-state index in [0.717, 1.165) is 30.4 Å². The summed E-state index contributed by atoms with van der Waals surface area (Å²) in [5.41, 5.74) is 0.267. The molecule has 1 aromatic rings. The molecule has 0 saturated heterocycles. The second kappa shape index (κ2) is 10.4. The quantitative estimate of drug-likeness (QED) is 0.341. The lowest BCUT2D eigenvalue weighted by atomic mass is 9.47. The summed E-state index contributed by atoms with van der Waals surface area (Å²) in [5, 5.41) is 14.6. The molecule has 3 aliphatic carbocycles. The van der Waals surface area contributed by atoms with Gasteiger partial charge in [-0.3, -0.25) is 14.4 Å². The van der Waals surface area contributed by atoms with Crippen molar-refractivity contribution in [2.24, 2.45) is 5.92 Å². The van der Waals surface area contributed by atoms with E-state index in [2.05, 4.69) is 5.32 Å². The first-order chi connectivity index (χ1) is 19.0. The van der Waals surface area contributed by atoms with E-state index in [1.807, 2.05) is 12.1 Å². The molecular formula is C29H35NO10. The predicted molar refractivity (Wildman–Crippen MR) is 138 cm³/mol. The lowest BCUT2D eigenvalue weighted by Gasteiger charge is -2.59. The first-order valence-corrected chi connectivity index (χ1v) is 13.7. The van der Waals surface area contributed by atoms with Crippen LogP contribution in [0.4, 0.5) is 0 Å². The Balaban J connectivity index is 1.25. The molecule has 0 unspecified atom stereocenters. The Labute approximate surface area is 232 Å². The third-order valence-corrected chi connectivity index (χ3v) is 8.67. The maximum absolute atomic E-state index is 13.0. The largest absolute Gasteiger partial charge is 0.493 e. The number of methoxy groups -OCH3 is 1. The topological polar surface area (TPSA) is 147 Å². The van der Waals surface area contributed by atoms with Gasteiger partial charge < -0.3 is 34.1 Å². The molecule has 1 heterocycles. The monoisotopic (exact) mass is 557 g/mol. The minimum Gasteiger partial charge on any atom is -0.493 e. The van der Waals surface area contributed by atoms with E-state index in [0.29, 0.717) is 24.3 Å². The van der Waals surface area contributed by atoms with Crippen LogP contribution in [0.1, 0.15) is 64.0 Å². The van der Waals surface area contributed by atoms with Crippen molar-refractivity contribution in [3.63, 3.8) is 0 Å². The minimum absolute atomic E-state index is 0.0587. The first kappa shape index (κ1) is 27.9. The molecule has 1 aliphatic heterocycles. The van der Waals surface area contributed by atoms with E-state index in [4.69, 9.17) is 23.7 Å². The highest BCUT2D eigenvalue weighted by Gasteiger charge is 2.71. The summed E-state index contributed by atoms with van der Waals surface area (Å²) in [6.45, 7) is 3.95. The van der Waals surface area contributed by atoms with Crippen molar-refractivity contribution in [1.29, 1.82) is 0 Å². The van der Waals surface area contributed by atoms with Crippen LogP contribution in [0.25, 0.3) is 0 Å². The fourth-order valence-corrected chi connectivity index (χ4v) is 6.92. The Hall–Kier alpha value is -3.60. The fourth-order valence-electron chi connectivity index (χ4n) is 6.92. The third kappa shape index (κ3) is 4.40. The highest BCUT2D eigenvalue weighted by molar-refractivity contribution is 5.84. The second-order valence-electron chi connectivity index (χ2n) is 11.0. The number of hydrogen-bond acceptors (Lipinski definition) is 10. The van der Waals surface area contributed by atoms with Crippen molar-refractivity contribution >= 4 is 23.8 Å². The molecule has 216 valence electrons. The zero-order chi connectivity index (χ0) is 28.8. The van der Waals surface area contributed by atoms with Crippen LogP contribution in [0.2, 0.25) is 0 Å².